The zero-order valence-corrected chi connectivity index (χ0v) is 20.4. The van der Waals surface area contributed by atoms with Crippen molar-refractivity contribution in [1.29, 1.82) is 0 Å². The topological polar surface area (TPSA) is 94.1 Å². The van der Waals surface area contributed by atoms with Crippen LogP contribution < -0.4 is 5.32 Å². The highest BCUT2D eigenvalue weighted by Crippen LogP contribution is 2.20. The molecule has 0 aromatic heterocycles. The minimum Gasteiger partial charge on any atom is -0.394 e. The maximum absolute atomic E-state index is 12.1. The first kappa shape index (κ1) is 27.2. The van der Waals surface area contributed by atoms with Crippen LogP contribution in [0.25, 0.3) is 0 Å². The molecular weight excluding hydrogens is 458 g/mol. The van der Waals surface area contributed by atoms with Gasteiger partial charge in [-0.05, 0) is 16.7 Å². The molecule has 7 heteroatoms. The third-order valence-electron chi connectivity index (χ3n) is 5.62. The molecule has 0 aliphatic rings. The smallest absolute Gasteiger partial charge is 0.217 e. The van der Waals surface area contributed by atoms with Gasteiger partial charge >= 0.3 is 0 Å². The standard InChI is InChI=1S/C29H33NO6/c1-22(33)30-26(17-31)28(35-20-24-13-7-3-8-14-24)29(36-21-25-15-9-4-10-16-25)27(18-32)34-19-23-11-5-2-6-12-23/h2-17,26-29,32H,18-21H2,1H3,(H,30,33)/t26-,27-,28-,29-/m1/s1. The lowest BCUT2D eigenvalue weighted by atomic mass is 10.0. The van der Waals surface area contributed by atoms with Crippen molar-refractivity contribution in [3.63, 3.8) is 0 Å². The van der Waals surface area contributed by atoms with Crippen molar-refractivity contribution in [1.82, 2.24) is 5.32 Å². The molecule has 3 rings (SSSR count). The van der Waals surface area contributed by atoms with Crippen molar-refractivity contribution in [3.8, 4) is 0 Å². The van der Waals surface area contributed by atoms with E-state index in [0.717, 1.165) is 16.7 Å². The molecule has 0 saturated carbocycles. The summed E-state index contributed by atoms with van der Waals surface area (Å²) in [4.78, 5) is 24.0. The Morgan fingerprint density at radius 3 is 1.56 bits per heavy atom. The fourth-order valence-corrected chi connectivity index (χ4v) is 3.81. The molecule has 2 N–H and O–H groups in total. The first-order valence-corrected chi connectivity index (χ1v) is 11.9. The number of benzene rings is 3. The van der Waals surface area contributed by atoms with Crippen LogP contribution in [0.15, 0.2) is 91.0 Å². The van der Waals surface area contributed by atoms with Crippen LogP contribution in [0.5, 0.6) is 0 Å². The summed E-state index contributed by atoms with van der Waals surface area (Å²) in [6.45, 7) is 1.57. The van der Waals surface area contributed by atoms with Crippen LogP contribution in [0.2, 0.25) is 0 Å². The molecule has 4 atom stereocenters. The van der Waals surface area contributed by atoms with Crippen molar-refractivity contribution in [2.24, 2.45) is 0 Å². The molecule has 0 radical (unpaired) electrons. The second kappa shape index (κ2) is 14.9. The molecular formula is C29H33NO6. The van der Waals surface area contributed by atoms with E-state index >= 15 is 0 Å². The van der Waals surface area contributed by atoms with Gasteiger partial charge in [-0.15, -0.1) is 0 Å². The summed E-state index contributed by atoms with van der Waals surface area (Å²) in [6, 6.07) is 27.6. The van der Waals surface area contributed by atoms with Gasteiger partial charge in [-0.1, -0.05) is 91.0 Å². The largest absolute Gasteiger partial charge is 0.394 e. The van der Waals surface area contributed by atoms with E-state index in [1.165, 1.54) is 6.92 Å². The van der Waals surface area contributed by atoms with Crippen molar-refractivity contribution in [2.75, 3.05) is 6.61 Å². The fraction of sp³-hybridized carbons (Fsp3) is 0.310. The maximum Gasteiger partial charge on any atom is 0.217 e. The summed E-state index contributed by atoms with van der Waals surface area (Å²) in [6.07, 6.45) is -2.00. The molecule has 0 fully saturated rings. The highest BCUT2D eigenvalue weighted by Gasteiger charge is 2.38. The van der Waals surface area contributed by atoms with Crippen LogP contribution in [0.1, 0.15) is 23.6 Å². The Labute approximate surface area is 212 Å². The monoisotopic (exact) mass is 491 g/mol. The lowest BCUT2D eigenvalue weighted by Crippen LogP contribution is -2.55. The number of carbonyl (C=O) groups excluding carboxylic acids is 2. The normalized spacial score (nSPS) is 14.4. The van der Waals surface area contributed by atoms with E-state index in [1.54, 1.807) is 0 Å². The Bertz CT molecular complexity index is 1030. The molecule has 0 bridgehead atoms. The predicted octanol–water partition coefficient (Wildman–Crippen LogP) is 3.44. The van der Waals surface area contributed by atoms with Gasteiger partial charge < -0.3 is 29.4 Å². The van der Waals surface area contributed by atoms with Crippen molar-refractivity contribution < 1.29 is 28.9 Å². The first-order valence-electron chi connectivity index (χ1n) is 11.9. The van der Waals surface area contributed by atoms with E-state index in [9.17, 15) is 14.7 Å². The van der Waals surface area contributed by atoms with E-state index in [2.05, 4.69) is 5.32 Å². The van der Waals surface area contributed by atoms with E-state index in [1.807, 2.05) is 91.0 Å². The number of rotatable bonds is 15. The number of hydrogen-bond donors (Lipinski definition) is 2. The average molecular weight is 492 g/mol. The number of amides is 1. The lowest BCUT2D eigenvalue weighted by molar-refractivity contribution is -0.170. The molecule has 0 saturated heterocycles. The van der Waals surface area contributed by atoms with Crippen LogP contribution in [-0.2, 0) is 43.6 Å². The molecule has 0 aliphatic carbocycles. The quantitative estimate of drug-likeness (QED) is 0.317. The summed E-state index contributed by atoms with van der Waals surface area (Å²) >= 11 is 0. The zero-order chi connectivity index (χ0) is 25.6. The van der Waals surface area contributed by atoms with Crippen LogP contribution >= 0.6 is 0 Å². The van der Waals surface area contributed by atoms with Crippen LogP contribution in [-0.4, -0.2) is 48.3 Å². The van der Waals surface area contributed by atoms with Gasteiger partial charge in [0.15, 0.2) is 0 Å². The highest BCUT2D eigenvalue weighted by molar-refractivity contribution is 5.77. The Hall–Kier alpha value is -3.36. The predicted molar refractivity (Wildman–Crippen MR) is 136 cm³/mol. The number of aliphatic hydroxyl groups is 1. The van der Waals surface area contributed by atoms with E-state index in [0.29, 0.717) is 6.29 Å². The molecule has 0 aliphatic heterocycles. The maximum atomic E-state index is 12.1. The van der Waals surface area contributed by atoms with E-state index in [-0.39, 0.29) is 32.3 Å². The SMILES string of the molecule is CC(=O)N[C@H](C=O)[C@@H](OCc1ccccc1)[C@H](OCc1ccccc1)[C@@H](CO)OCc1ccccc1. The summed E-state index contributed by atoms with van der Waals surface area (Å²) in [7, 11) is 0. The molecule has 0 heterocycles. The summed E-state index contributed by atoms with van der Waals surface area (Å²) in [5.41, 5.74) is 2.72. The third-order valence-corrected chi connectivity index (χ3v) is 5.62. The minimum absolute atomic E-state index is 0.178. The number of carbonyl (C=O) groups is 2. The molecule has 3 aromatic rings. The summed E-state index contributed by atoms with van der Waals surface area (Å²) in [5.74, 6) is -0.382. The van der Waals surface area contributed by atoms with Crippen LogP contribution in [0, 0.1) is 0 Å². The third kappa shape index (κ3) is 8.70. The number of ether oxygens (including phenoxy) is 3. The lowest BCUT2D eigenvalue weighted by Gasteiger charge is -2.35. The van der Waals surface area contributed by atoms with Crippen molar-refractivity contribution >= 4 is 12.2 Å². The van der Waals surface area contributed by atoms with Gasteiger partial charge in [0, 0.05) is 6.92 Å². The second-order valence-electron chi connectivity index (χ2n) is 8.40. The van der Waals surface area contributed by atoms with Crippen molar-refractivity contribution in [3.05, 3.63) is 108 Å². The highest BCUT2D eigenvalue weighted by atomic mass is 16.6. The second-order valence-corrected chi connectivity index (χ2v) is 8.40. The molecule has 7 nitrogen and oxygen atoms in total. The van der Waals surface area contributed by atoms with Gasteiger partial charge in [0.05, 0.1) is 26.4 Å². The van der Waals surface area contributed by atoms with Crippen LogP contribution in [0.4, 0.5) is 0 Å². The molecule has 36 heavy (non-hydrogen) atoms. The molecule has 0 spiro atoms. The van der Waals surface area contributed by atoms with Gasteiger partial charge in [-0.2, -0.15) is 0 Å². The van der Waals surface area contributed by atoms with Gasteiger partial charge in [0.25, 0.3) is 0 Å². The van der Waals surface area contributed by atoms with Gasteiger partial charge in [-0.25, -0.2) is 0 Å². The van der Waals surface area contributed by atoms with E-state index < -0.39 is 24.4 Å². The Balaban J connectivity index is 1.88. The number of aliphatic hydroxyl groups excluding tert-OH is 1. The molecule has 3 aromatic carbocycles. The average Bonchev–Trinajstić information content (AvgIpc) is 2.92. The molecule has 1 amide bonds. The van der Waals surface area contributed by atoms with Gasteiger partial charge in [0.2, 0.25) is 5.91 Å². The summed E-state index contributed by atoms with van der Waals surface area (Å²) < 4.78 is 18.5. The molecule has 190 valence electrons. The number of aldehydes is 1. The summed E-state index contributed by atoms with van der Waals surface area (Å²) in [5, 5.41) is 13.0. The Kier molecular flexibility index (Phi) is 11.3. The Morgan fingerprint density at radius 2 is 1.17 bits per heavy atom. The number of nitrogens with one attached hydrogen (secondary N) is 1. The van der Waals surface area contributed by atoms with Gasteiger partial charge in [0.1, 0.15) is 30.6 Å². The van der Waals surface area contributed by atoms with Crippen molar-refractivity contribution in [2.45, 2.75) is 51.1 Å². The minimum atomic E-state index is -1.01. The van der Waals surface area contributed by atoms with E-state index in [4.69, 9.17) is 14.2 Å². The van der Waals surface area contributed by atoms with Gasteiger partial charge in [-0.3, -0.25) is 4.79 Å². The zero-order valence-electron chi connectivity index (χ0n) is 20.4. The molecule has 0 unspecified atom stereocenters. The van der Waals surface area contributed by atoms with Crippen LogP contribution in [0.3, 0.4) is 0 Å². The fourth-order valence-electron chi connectivity index (χ4n) is 3.81. The Morgan fingerprint density at radius 1 is 0.750 bits per heavy atom. The number of hydrogen-bond acceptors (Lipinski definition) is 6. The first-order chi connectivity index (χ1) is 17.6.